The van der Waals surface area contributed by atoms with Crippen LogP contribution in [0.2, 0.25) is 10.1 Å². The van der Waals surface area contributed by atoms with Crippen molar-refractivity contribution in [2.75, 3.05) is 0 Å². The maximum absolute atomic E-state index is 10.1. The Morgan fingerprint density at radius 2 is 1.09 bits per heavy atom. The van der Waals surface area contributed by atoms with Crippen molar-refractivity contribution in [3.8, 4) is 0 Å². The number of hydrogen-bond acceptors (Lipinski definition) is 1. The molecule has 0 heterocycles. The first kappa shape index (κ1) is 11.5. The second kappa shape index (κ2) is 2.75. The van der Waals surface area contributed by atoms with Gasteiger partial charge in [0.1, 0.15) is 0 Å². The first-order chi connectivity index (χ1) is 4.50. The molecule has 0 saturated carbocycles. The second-order valence-electron chi connectivity index (χ2n) is 5.12. The summed E-state index contributed by atoms with van der Waals surface area (Å²) >= 11 is 6.18. The van der Waals surface area contributed by atoms with E-state index in [1.807, 2.05) is 41.5 Å². The maximum atomic E-state index is 10.1. The molecule has 0 spiro atoms. The van der Waals surface area contributed by atoms with Crippen LogP contribution in [0.1, 0.15) is 41.5 Å². The van der Waals surface area contributed by atoms with E-state index >= 15 is 0 Å². The quantitative estimate of drug-likeness (QED) is 0.464. The van der Waals surface area contributed by atoms with Crippen LogP contribution in [0.25, 0.3) is 0 Å². The highest BCUT2D eigenvalue weighted by atomic mass is 35.6. The molecular formula is C8H19ClOSi. The first-order valence-electron chi connectivity index (χ1n) is 3.91. The highest BCUT2D eigenvalue weighted by Gasteiger charge is 2.51. The average molecular weight is 195 g/mol. The molecule has 1 nitrogen and oxygen atoms in total. The molecule has 0 aliphatic carbocycles. The van der Waals surface area contributed by atoms with Crippen molar-refractivity contribution in [1.82, 2.24) is 0 Å². The topological polar surface area (TPSA) is 20.2 Å². The van der Waals surface area contributed by atoms with Gasteiger partial charge in [0.05, 0.1) is 0 Å². The van der Waals surface area contributed by atoms with Crippen molar-refractivity contribution in [3.63, 3.8) is 0 Å². The predicted octanol–water partition coefficient (Wildman–Crippen LogP) is 3.26. The van der Waals surface area contributed by atoms with Crippen LogP contribution < -0.4 is 0 Å². The van der Waals surface area contributed by atoms with Crippen molar-refractivity contribution in [3.05, 3.63) is 0 Å². The van der Waals surface area contributed by atoms with Crippen LogP contribution in [0.3, 0.4) is 0 Å². The zero-order valence-electron chi connectivity index (χ0n) is 8.33. The molecule has 0 saturated heterocycles. The van der Waals surface area contributed by atoms with E-state index in [1.165, 1.54) is 0 Å². The van der Waals surface area contributed by atoms with E-state index in [-0.39, 0.29) is 10.1 Å². The zero-order valence-corrected chi connectivity index (χ0v) is 10.1. The Morgan fingerprint density at radius 3 is 1.09 bits per heavy atom. The smallest absolute Gasteiger partial charge is 0.298 e. The Labute approximate surface area is 75.6 Å². The van der Waals surface area contributed by atoms with Crippen LogP contribution in [0.4, 0.5) is 0 Å². The zero-order chi connectivity index (χ0) is 9.50. The van der Waals surface area contributed by atoms with Crippen molar-refractivity contribution in [1.29, 1.82) is 0 Å². The van der Waals surface area contributed by atoms with Gasteiger partial charge in [-0.05, 0) is 10.1 Å². The molecule has 1 N–H and O–H groups in total. The SMILES string of the molecule is CC(C)(C)[Si](O)(Cl)C(C)(C)C. The molecule has 0 aliphatic rings. The van der Waals surface area contributed by atoms with E-state index in [9.17, 15) is 4.80 Å². The molecule has 68 valence electrons. The lowest BCUT2D eigenvalue weighted by Crippen LogP contribution is -2.46. The Morgan fingerprint density at radius 1 is 0.909 bits per heavy atom. The van der Waals surface area contributed by atoms with Crippen molar-refractivity contribution in [2.24, 2.45) is 0 Å². The molecule has 0 fully saturated rings. The molecule has 11 heavy (non-hydrogen) atoms. The average Bonchev–Trinajstić information content (AvgIpc) is 1.58. The van der Waals surface area contributed by atoms with Crippen molar-refractivity contribution in [2.45, 2.75) is 51.6 Å². The fourth-order valence-corrected chi connectivity index (χ4v) is 3.38. The van der Waals surface area contributed by atoms with Gasteiger partial charge in [0.25, 0.3) is 7.63 Å². The van der Waals surface area contributed by atoms with Crippen molar-refractivity contribution < 1.29 is 4.80 Å². The number of rotatable bonds is 0. The Hall–Kier alpha value is 0.467. The maximum Gasteiger partial charge on any atom is 0.298 e. The lowest BCUT2D eigenvalue weighted by molar-refractivity contribution is 0.442. The summed E-state index contributed by atoms with van der Waals surface area (Å²) in [6.45, 7) is 12.0. The summed E-state index contributed by atoms with van der Waals surface area (Å²) in [7, 11) is -2.63. The van der Waals surface area contributed by atoms with Gasteiger partial charge in [0.2, 0.25) is 0 Å². The monoisotopic (exact) mass is 194 g/mol. The summed E-state index contributed by atoms with van der Waals surface area (Å²) in [5, 5.41) is -0.320. The third kappa shape index (κ3) is 2.20. The third-order valence-corrected chi connectivity index (χ3v) is 9.36. The molecule has 0 radical (unpaired) electrons. The van der Waals surface area contributed by atoms with Gasteiger partial charge in [-0.15, -0.1) is 11.1 Å². The van der Waals surface area contributed by atoms with Crippen LogP contribution in [0.5, 0.6) is 0 Å². The minimum Gasteiger partial charge on any atom is -0.419 e. The summed E-state index contributed by atoms with van der Waals surface area (Å²) in [6.07, 6.45) is 0. The van der Waals surface area contributed by atoms with E-state index in [0.29, 0.717) is 0 Å². The minimum absolute atomic E-state index is 0.160. The molecule has 3 heteroatoms. The normalized spacial score (nSPS) is 15.3. The molecular weight excluding hydrogens is 176 g/mol. The molecule has 0 aromatic carbocycles. The second-order valence-corrected chi connectivity index (χ2v) is 11.0. The first-order valence-corrected chi connectivity index (χ1v) is 6.87. The molecule has 0 bridgehead atoms. The van der Waals surface area contributed by atoms with E-state index in [1.54, 1.807) is 0 Å². The number of hydrogen-bond donors (Lipinski definition) is 1. The van der Waals surface area contributed by atoms with Gasteiger partial charge in [-0.25, -0.2) is 0 Å². The fraction of sp³-hybridized carbons (Fsp3) is 1.00. The summed E-state index contributed by atoms with van der Waals surface area (Å²) < 4.78 is 0. The fourth-order valence-electron chi connectivity index (χ4n) is 1.12. The molecule has 0 aliphatic heterocycles. The van der Waals surface area contributed by atoms with E-state index in [0.717, 1.165) is 0 Å². The molecule has 0 aromatic heterocycles. The van der Waals surface area contributed by atoms with Crippen molar-refractivity contribution >= 4 is 18.7 Å². The van der Waals surface area contributed by atoms with Crippen LogP contribution >= 0.6 is 11.1 Å². The standard InChI is InChI=1S/C8H19ClOSi/c1-7(2,3)11(9,10)8(4,5)6/h10H,1-6H3. The summed E-state index contributed by atoms with van der Waals surface area (Å²) in [5.74, 6) is 0. The summed E-state index contributed by atoms with van der Waals surface area (Å²) in [6, 6.07) is 0. The molecule has 0 atom stereocenters. The van der Waals surface area contributed by atoms with Gasteiger partial charge in [-0.3, -0.25) is 0 Å². The minimum atomic E-state index is -2.63. The molecule has 0 amide bonds. The summed E-state index contributed by atoms with van der Waals surface area (Å²) in [5.41, 5.74) is 0. The Bertz CT molecular complexity index is 125. The molecule has 0 aromatic rings. The molecule has 0 rings (SSSR count). The van der Waals surface area contributed by atoms with E-state index in [4.69, 9.17) is 11.1 Å². The number of halogens is 1. The lowest BCUT2D eigenvalue weighted by Gasteiger charge is -2.41. The third-order valence-electron chi connectivity index (χ3n) is 1.99. The predicted molar refractivity (Wildman–Crippen MR) is 53.3 cm³/mol. The summed E-state index contributed by atoms with van der Waals surface area (Å²) in [4.78, 5) is 10.1. The van der Waals surface area contributed by atoms with E-state index in [2.05, 4.69) is 0 Å². The Balaban J connectivity index is 4.75. The van der Waals surface area contributed by atoms with Crippen LogP contribution in [-0.4, -0.2) is 12.4 Å². The van der Waals surface area contributed by atoms with E-state index < -0.39 is 7.63 Å². The van der Waals surface area contributed by atoms with Gasteiger partial charge in [-0.1, -0.05) is 41.5 Å². The molecule has 0 unspecified atom stereocenters. The van der Waals surface area contributed by atoms with Crippen LogP contribution in [-0.2, 0) is 0 Å². The van der Waals surface area contributed by atoms with Gasteiger partial charge < -0.3 is 4.80 Å². The van der Waals surface area contributed by atoms with Gasteiger partial charge in [0, 0.05) is 0 Å². The largest absolute Gasteiger partial charge is 0.419 e. The van der Waals surface area contributed by atoms with Gasteiger partial charge in [-0.2, -0.15) is 0 Å². The lowest BCUT2D eigenvalue weighted by atomic mass is 10.2. The van der Waals surface area contributed by atoms with Gasteiger partial charge >= 0.3 is 0 Å². The highest BCUT2D eigenvalue weighted by Crippen LogP contribution is 2.51. The van der Waals surface area contributed by atoms with Crippen LogP contribution in [0.15, 0.2) is 0 Å². The van der Waals surface area contributed by atoms with Crippen LogP contribution in [0, 0.1) is 0 Å². The Kier molecular flexibility index (Phi) is 2.87. The highest BCUT2D eigenvalue weighted by molar-refractivity contribution is 7.18. The van der Waals surface area contributed by atoms with Gasteiger partial charge in [0.15, 0.2) is 0 Å².